The molecule has 0 spiro atoms. The Hall–Kier alpha value is -5.08. The Balaban J connectivity index is 1.36. The molecule has 3 aliphatic rings. The molecule has 236 valence electrons. The van der Waals surface area contributed by atoms with Crippen molar-refractivity contribution in [3.8, 4) is 56.0 Å². The molecule has 0 radical (unpaired) electrons. The summed E-state index contributed by atoms with van der Waals surface area (Å²) in [4.78, 5) is 0. The van der Waals surface area contributed by atoms with E-state index in [9.17, 15) is 10.2 Å². The minimum absolute atomic E-state index is 0.266. The zero-order chi connectivity index (χ0) is 32.2. The normalized spacial score (nSPS) is 22.1. The largest absolute Gasteiger partial charge is 0.507 e. The topological polar surface area (TPSA) is 40.5 Å². The van der Waals surface area contributed by atoms with Gasteiger partial charge in [0.05, 0.1) is 0 Å². The summed E-state index contributed by atoms with van der Waals surface area (Å²) < 4.78 is 0. The molecule has 9 rings (SSSR count). The van der Waals surface area contributed by atoms with E-state index in [0.717, 1.165) is 56.8 Å². The molecule has 0 amide bonds. The fourth-order valence-corrected chi connectivity index (χ4v) is 10.1. The van der Waals surface area contributed by atoms with Gasteiger partial charge >= 0.3 is 0 Å². The number of aromatic hydroxyl groups is 2. The van der Waals surface area contributed by atoms with Crippen molar-refractivity contribution in [3.05, 3.63) is 157 Å². The molecule has 3 saturated carbocycles. The van der Waals surface area contributed by atoms with Crippen LogP contribution in [0.5, 0.6) is 11.5 Å². The summed E-state index contributed by atoms with van der Waals surface area (Å²) in [5, 5.41) is 24.0. The molecule has 6 aromatic carbocycles. The molecule has 4 atom stereocenters. The van der Waals surface area contributed by atoms with Gasteiger partial charge in [-0.3, -0.25) is 0 Å². The molecule has 0 aliphatic heterocycles. The van der Waals surface area contributed by atoms with Gasteiger partial charge in [-0.25, -0.2) is 0 Å². The van der Waals surface area contributed by atoms with E-state index >= 15 is 0 Å². The summed E-state index contributed by atoms with van der Waals surface area (Å²) in [6.07, 6.45) is 6.28. The van der Waals surface area contributed by atoms with Gasteiger partial charge in [0.15, 0.2) is 0 Å². The Labute approximate surface area is 283 Å². The minimum atomic E-state index is -0.266. The van der Waals surface area contributed by atoms with Gasteiger partial charge in [-0.1, -0.05) is 128 Å². The highest BCUT2D eigenvalue weighted by Crippen LogP contribution is 2.69. The summed E-state index contributed by atoms with van der Waals surface area (Å²) in [5.41, 5.74) is 9.88. The first-order valence-corrected chi connectivity index (χ1v) is 17.6. The van der Waals surface area contributed by atoms with Gasteiger partial charge in [0.1, 0.15) is 11.5 Å². The first kappa shape index (κ1) is 29.1. The van der Waals surface area contributed by atoms with E-state index in [2.05, 4.69) is 121 Å². The maximum absolute atomic E-state index is 12.0. The van der Waals surface area contributed by atoms with E-state index in [1.165, 1.54) is 36.8 Å². The Kier molecular flexibility index (Phi) is 7.01. The quantitative estimate of drug-likeness (QED) is 0.194. The second-order valence-corrected chi connectivity index (χ2v) is 14.3. The van der Waals surface area contributed by atoms with Crippen molar-refractivity contribution < 1.29 is 10.2 Å². The Morgan fingerprint density at radius 1 is 0.458 bits per heavy atom. The molecule has 48 heavy (non-hydrogen) atoms. The van der Waals surface area contributed by atoms with Crippen molar-refractivity contribution in [1.29, 1.82) is 0 Å². The molecule has 2 bridgehead atoms. The second-order valence-electron chi connectivity index (χ2n) is 14.3. The molecule has 3 aliphatic carbocycles. The van der Waals surface area contributed by atoms with Crippen LogP contribution in [0.3, 0.4) is 0 Å². The molecule has 2 N–H and O–H groups in total. The maximum Gasteiger partial charge on any atom is 0.131 e. The van der Waals surface area contributed by atoms with E-state index in [1.54, 1.807) is 0 Å². The highest BCUT2D eigenvalue weighted by atomic mass is 16.3. The Morgan fingerprint density at radius 2 is 0.812 bits per heavy atom. The molecule has 0 heterocycles. The molecule has 2 nitrogen and oxygen atoms in total. The third-order valence-corrected chi connectivity index (χ3v) is 12.1. The molecule has 0 saturated heterocycles. The first-order valence-electron chi connectivity index (χ1n) is 17.6. The Bertz CT molecular complexity index is 1830. The molecule has 2 heteroatoms. The van der Waals surface area contributed by atoms with Crippen LogP contribution in [0.2, 0.25) is 0 Å². The molecule has 4 unspecified atom stereocenters. The van der Waals surface area contributed by atoms with Crippen LogP contribution in [-0.2, 0) is 5.41 Å². The van der Waals surface area contributed by atoms with Crippen LogP contribution in [0.25, 0.3) is 44.5 Å². The van der Waals surface area contributed by atoms with E-state index < -0.39 is 0 Å². The van der Waals surface area contributed by atoms with Gasteiger partial charge in [0.25, 0.3) is 0 Å². The highest BCUT2D eigenvalue weighted by Gasteiger charge is 2.62. The molecular formula is C46H40O2. The monoisotopic (exact) mass is 624 g/mol. The van der Waals surface area contributed by atoms with Crippen LogP contribution in [-0.4, -0.2) is 10.2 Å². The van der Waals surface area contributed by atoms with Gasteiger partial charge in [0, 0.05) is 27.7 Å². The molecule has 3 fully saturated rings. The van der Waals surface area contributed by atoms with Crippen molar-refractivity contribution in [2.24, 2.45) is 23.7 Å². The summed E-state index contributed by atoms with van der Waals surface area (Å²) >= 11 is 0. The lowest BCUT2D eigenvalue weighted by molar-refractivity contribution is 0.181. The van der Waals surface area contributed by atoms with E-state index in [1.807, 2.05) is 24.3 Å². The standard InChI is InChI=1S/C46H40O2/c47-44-39(30-14-5-1-6-15-30)25-35(26-40(44)31-16-7-2-8-17-31)46(29-34-24-43(46)38-23-13-22-37(34)38)36-27-41(32-18-9-3-10-19-32)45(48)42(28-36)33-20-11-4-12-21-33/h1-12,14-21,25-28,34,37-38,43,47-48H,13,22-24,29H2. The van der Waals surface area contributed by atoms with Crippen LogP contribution in [0.4, 0.5) is 0 Å². The number of hydrogen-bond acceptors (Lipinski definition) is 2. The predicted octanol–water partition coefficient (Wildman–Crippen LogP) is 11.5. The fourth-order valence-electron chi connectivity index (χ4n) is 10.1. The summed E-state index contributed by atoms with van der Waals surface area (Å²) in [5.74, 6) is 3.31. The van der Waals surface area contributed by atoms with Crippen LogP contribution < -0.4 is 0 Å². The van der Waals surface area contributed by atoms with Gasteiger partial charge in [0.2, 0.25) is 0 Å². The van der Waals surface area contributed by atoms with Crippen molar-refractivity contribution in [2.75, 3.05) is 0 Å². The number of benzene rings is 6. The van der Waals surface area contributed by atoms with Gasteiger partial charge < -0.3 is 10.2 Å². The van der Waals surface area contributed by atoms with Gasteiger partial charge in [-0.05, 0) is 107 Å². The second kappa shape index (κ2) is 11.6. The highest BCUT2D eigenvalue weighted by molar-refractivity contribution is 5.86. The Morgan fingerprint density at radius 3 is 1.19 bits per heavy atom. The van der Waals surface area contributed by atoms with Crippen LogP contribution in [0, 0.1) is 23.7 Å². The minimum Gasteiger partial charge on any atom is -0.507 e. The van der Waals surface area contributed by atoms with E-state index in [4.69, 9.17) is 0 Å². The fraction of sp³-hybridized carbons (Fsp3) is 0.217. The van der Waals surface area contributed by atoms with Gasteiger partial charge in [-0.2, -0.15) is 0 Å². The number of phenolic OH excluding ortho intramolecular Hbond substituents is 2. The van der Waals surface area contributed by atoms with Crippen molar-refractivity contribution >= 4 is 0 Å². The van der Waals surface area contributed by atoms with Crippen molar-refractivity contribution in [3.63, 3.8) is 0 Å². The van der Waals surface area contributed by atoms with E-state index in [-0.39, 0.29) is 5.41 Å². The van der Waals surface area contributed by atoms with Crippen molar-refractivity contribution in [2.45, 2.75) is 37.5 Å². The third-order valence-electron chi connectivity index (χ3n) is 12.1. The number of phenols is 2. The van der Waals surface area contributed by atoms with Crippen LogP contribution in [0.1, 0.15) is 43.2 Å². The number of hydrogen-bond donors (Lipinski definition) is 2. The third kappa shape index (κ3) is 4.53. The zero-order valence-corrected chi connectivity index (χ0v) is 27.1. The SMILES string of the molecule is Oc1c(-c2ccccc2)cc(C2(c3cc(-c4ccccc4)c(O)c(-c4ccccc4)c3)CC3CC2C2CCCC32)cc1-c1ccccc1. The van der Waals surface area contributed by atoms with Crippen LogP contribution >= 0.6 is 0 Å². The average Bonchev–Trinajstić information content (AvgIpc) is 3.88. The predicted molar refractivity (Wildman–Crippen MR) is 196 cm³/mol. The van der Waals surface area contributed by atoms with E-state index in [0.29, 0.717) is 29.3 Å². The molecular weight excluding hydrogens is 585 g/mol. The van der Waals surface area contributed by atoms with Crippen molar-refractivity contribution in [1.82, 2.24) is 0 Å². The van der Waals surface area contributed by atoms with Gasteiger partial charge in [-0.15, -0.1) is 0 Å². The lowest BCUT2D eigenvalue weighted by atomic mass is 9.58. The summed E-state index contributed by atoms with van der Waals surface area (Å²) in [7, 11) is 0. The number of fused-ring (bicyclic) bond motifs is 5. The number of rotatable bonds is 6. The van der Waals surface area contributed by atoms with Crippen LogP contribution in [0.15, 0.2) is 146 Å². The first-order chi connectivity index (χ1) is 23.6. The lowest BCUT2D eigenvalue weighted by Crippen LogP contribution is -2.40. The average molecular weight is 625 g/mol. The maximum atomic E-state index is 12.0. The smallest absolute Gasteiger partial charge is 0.131 e. The zero-order valence-electron chi connectivity index (χ0n) is 27.1. The molecule has 0 aromatic heterocycles. The lowest BCUT2D eigenvalue weighted by Gasteiger charge is -2.45. The molecule has 6 aromatic rings. The summed E-state index contributed by atoms with van der Waals surface area (Å²) in [6, 6.07) is 50.6. The summed E-state index contributed by atoms with van der Waals surface area (Å²) in [6.45, 7) is 0.